The molecular weight excluding hydrogens is 204 g/mol. The molecule has 4 heteroatoms. The molecule has 1 aromatic rings. The number of amides is 1. The normalized spacial score (nSPS) is 13.8. The molecule has 0 saturated carbocycles. The second-order valence-electron chi connectivity index (χ2n) is 4.15. The van der Waals surface area contributed by atoms with Gasteiger partial charge in [-0.1, -0.05) is 6.07 Å². The van der Waals surface area contributed by atoms with E-state index in [1.54, 1.807) is 0 Å². The van der Waals surface area contributed by atoms with Gasteiger partial charge in [0.05, 0.1) is 0 Å². The Bertz CT molecular complexity index is 402. The fourth-order valence-electron chi connectivity index (χ4n) is 1.63. The summed E-state index contributed by atoms with van der Waals surface area (Å²) in [6.45, 7) is 2.13. The van der Waals surface area contributed by atoms with Crippen LogP contribution in [0.1, 0.15) is 15.9 Å². The Morgan fingerprint density at radius 1 is 1.44 bits per heavy atom. The number of rotatable bonds is 4. The third kappa shape index (κ3) is 2.33. The van der Waals surface area contributed by atoms with Crippen molar-refractivity contribution in [2.75, 3.05) is 27.2 Å². The van der Waals surface area contributed by atoms with Crippen LogP contribution in [0.2, 0.25) is 0 Å². The molecule has 0 spiro atoms. The van der Waals surface area contributed by atoms with Gasteiger partial charge in [0.1, 0.15) is 12.4 Å². The standard InChI is InChI=1S/C12H16N2O2/c1-14(2)5-6-16-10-4-3-9-8-13-12(15)11(9)7-10/h3-4,7H,5-6,8H2,1-2H3,(H,13,15). The van der Waals surface area contributed by atoms with Crippen LogP contribution in [0.5, 0.6) is 5.75 Å². The van der Waals surface area contributed by atoms with E-state index in [0.717, 1.165) is 23.4 Å². The Hall–Kier alpha value is -1.55. The van der Waals surface area contributed by atoms with Gasteiger partial charge in [-0.3, -0.25) is 4.79 Å². The number of ether oxygens (including phenoxy) is 1. The van der Waals surface area contributed by atoms with Gasteiger partial charge in [-0.15, -0.1) is 0 Å². The van der Waals surface area contributed by atoms with Crippen molar-refractivity contribution in [1.82, 2.24) is 10.2 Å². The average molecular weight is 220 g/mol. The van der Waals surface area contributed by atoms with E-state index in [4.69, 9.17) is 4.74 Å². The molecule has 1 amide bonds. The maximum absolute atomic E-state index is 11.4. The van der Waals surface area contributed by atoms with E-state index in [2.05, 4.69) is 10.2 Å². The Balaban J connectivity index is 2.01. The molecule has 2 rings (SSSR count). The molecule has 0 unspecified atom stereocenters. The second kappa shape index (κ2) is 4.53. The van der Waals surface area contributed by atoms with E-state index in [1.165, 1.54) is 0 Å². The molecule has 4 nitrogen and oxygen atoms in total. The molecule has 1 heterocycles. The summed E-state index contributed by atoms with van der Waals surface area (Å²) in [5.74, 6) is 0.755. The molecule has 0 bridgehead atoms. The number of nitrogens with zero attached hydrogens (tertiary/aromatic N) is 1. The van der Waals surface area contributed by atoms with E-state index in [1.807, 2.05) is 32.3 Å². The summed E-state index contributed by atoms with van der Waals surface area (Å²) in [6.07, 6.45) is 0. The first-order valence-electron chi connectivity index (χ1n) is 5.35. The molecule has 86 valence electrons. The SMILES string of the molecule is CN(C)CCOc1ccc2c(c1)C(=O)NC2. The van der Waals surface area contributed by atoms with Gasteiger partial charge in [-0.2, -0.15) is 0 Å². The van der Waals surface area contributed by atoms with Crippen LogP contribution in [0, 0.1) is 0 Å². The zero-order valence-corrected chi connectivity index (χ0v) is 9.62. The predicted molar refractivity (Wildman–Crippen MR) is 61.7 cm³/mol. The van der Waals surface area contributed by atoms with Crippen LogP contribution in [0.4, 0.5) is 0 Å². The summed E-state index contributed by atoms with van der Waals surface area (Å²) in [4.78, 5) is 13.5. The van der Waals surface area contributed by atoms with Crippen LogP contribution >= 0.6 is 0 Å². The molecule has 0 saturated heterocycles. The van der Waals surface area contributed by atoms with Crippen molar-refractivity contribution in [1.29, 1.82) is 0 Å². The molecule has 1 aromatic carbocycles. The van der Waals surface area contributed by atoms with Crippen molar-refractivity contribution in [3.8, 4) is 5.75 Å². The van der Waals surface area contributed by atoms with E-state index < -0.39 is 0 Å². The van der Waals surface area contributed by atoms with E-state index in [-0.39, 0.29) is 5.91 Å². The topological polar surface area (TPSA) is 41.6 Å². The lowest BCUT2D eigenvalue weighted by molar-refractivity contribution is 0.0965. The number of hydrogen-bond donors (Lipinski definition) is 1. The van der Waals surface area contributed by atoms with Gasteiger partial charge >= 0.3 is 0 Å². The van der Waals surface area contributed by atoms with E-state index in [0.29, 0.717) is 13.2 Å². The van der Waals surface area contributed by atoms with Crippen molar-refractivity contribution in [2.45, 2.75) is 6.54 Å². The Morgan fingerprint density at radius 3 is 3.00 bits per heavy atom. The largest absolute Gasteiger partial charge is 0.492 e. The minimum absolute atomic E-state index is 0.00643. The van der Waals surface area contributed by atoms with Gasteiger partial charge in [0.15, 0.2) is 0 Å². The van der Waals surface area contributed by atoms with Gasteiger partial charge in [-0.25, -0.2) is 0 Å². The number of nitrogens with one attached hydrogen (secondary N) is 1. The summed E-state index contributed by atoms with van der Waals surface area (Å²) in [5, 5.41) is 2.78. The Kier molecular flexibility index (Phi) is 3.10. The third-order valence-electron chi connectivity index (χ3n) is 2.57. The zero-order chi connectivity index (χ0) is 11.5. The molecule has 16 heavy (non-hydrogen) atoms. The highest BCUT2D eigenvalue weighted by molar-refractivity contribution is 5.98. The summed E-state index contributed by atoms with van der Waals surface area (Å²) >= 11 is 0. The molecule has 1 N–H and O–H groups in total. The molecule has 0 atom stereocenters. The van der Waals surface area contributed by atoms with Gasteiger partial charge in [0.2, 0.25) is 0 Å². The van der Waals surface area contributed by atoms with Gasteiger partial charge in [-0.05, 0) is 31.8 Å². The molecule has 0 radical (unpaired) electrons. The summed E-state index contributed by atoms with van der Waals surface area (Å²) in [5.41, 5.74) is 1.78. The van der Waals surface area contributed by atoms with Gasteiger partial charge in [0, 0.05) is 18.7 Å². The molecule has 0 fully saturated rings. The first-order valence-corrected chi connectivity index (χ1v) is 5.35. The molecule has 1 aliphatic heterocycles. The van der Waals surface area contributed by atoms with Crippen LogP contribution in [-0.2, 0) is 6.54 Å². The van der Waals surface area contributed by atoms with E-state index >= 15 is 0 Å². The highest BCUT2D eigenvalue weighted by Crippen LogP contribution is 2.21. The van der Waals surface area contributed by atoms with Crippen molar-refractivity contribution in [3.63, 3.8) is 0 Å². The van der Waals surface area contributed by atoms with Crippen LogP contribution < -0.4 is 10.1 Å². The van der Waals surface area contributed by atoms with Crippen LogP contribution in [-0.4, -0.2) is 38.1 Å². The van der Waals surface area contributed by atoms with Crippen molar-refractivity contribution < 1.29 is 9.53 Å². The maximum Gasteiger partial charge on any atom is 0.252 e. The fraction of sp³-hybridized carbons (Fsp3) is 0.417. The molecule has 0 aliphatic carbocycles. The Labute approximate surface area is 95.2 Å². The molecular formula is C12H16N2O2. The smallest absolute Gasteiger partial charge is 0.252 e. The van der Waals surface area contributed by atoms with Crippen molar-refractivity contribution >= 4 is 5.91 Å². The predicted octanol–water partition coefficient (Wildman–Crippen LogP) is 0.870. The van der Waals surface area contributed by atoms with Crippen LogP contribution in [0.25, 0.3) is 0 Å². The lowest BCUT2D eigenvalue weighted by Gasteiger charge is -2.11. The average Bonchev–Trinajstić information content (AvgIpc) is 2.60. The first kappa shape index (κ1) is 11.0. The number of likely N-dealkylation sites (N-methyl/N-ethyl adjacent to an activating group) is 1. The number of carbonyl (C=O) groups excluding carboxylic acids is 1. The molecule has 1 aliphatic rings. The summed E-state index contributed by atoms with van der Waals surface area (Å²) in [6, 6.07) is 5.67. The van der Waals surface area contributed by atoms with Crippen LogP contribution in [0.15, 0.2) is 18.2 Å². The number of benzene rings is 1. The number of hydrogen-bond acceptors (Lipinski definition) is 3. The monoisotopic (exact) mass is 220 g/mol. The quantitative estimate of drug-likeness (QED) is 0.818. The molecule has 0 aromatic heterocycles. The highest BCUT2D eigenvalue weighted by atomic mass is 16.5. The maximum atomic E-state index is 11.4. The third-order valence-corrected chi connectivity index (χ3v) is 2.57. The van der Waals surface area contributed by atoms with Gasteiger partial charge < -0.3 is 15.0 Å². The van der Waals surface area contributed by atoms with Gasteiger partial charge in [0.25, 0.3) is 5.91 Å². The van der Waals surface area contributed by atoms with E-state index in [9.17, 15) is 4.79 Å². The zero-order valence-electron chi connectivity index (χ0n) is 9.62. The van der Waals surface area contributed by atoms with Crippen LogP contribution in [0.3, 0.4) is 0 Å². The summed E-state index contributed by atoms with van der Waals surface area (Å²) in [7, 11) is 4.00. The summed E-state index contributed by atoms with van der Waals surface area (Å²) < 4.78 is 5.57. The Morgan fingerprint density at radius 2 is 2.25 bits per heavy atom. The fourth-order valence-corrected chi connectivity index (χ4v) is 1.63. The lowest BCUT2D eigenvalue weighted by atomic mass is 10.1. The number of carbonyl (C=O) groups is 1. The second-order valence-corrected chi connectivity index (χ2v) is 4.15. The van der Waals surface area contributed by atoms with Crippen molar-refractivity contribution in [3.05, 3.63) is 29.3 Å². The minimum atomic E-state index is -0.00643. The highest BCUT2D eigenvalue weighted by Gasteiger charge is 2.18. The first-order chi connectivity index (χ1) is 7.66. The van der Waals surface area contributed by atoms with Crippen molar-refractivity contribution in [2.24, 2.45) is 0 Å². The minimum Gasteiger partial charge on any atom is -0.492 e. The lowest BCUT2D eigenvalue weighted by Crippen LogP contribution is -2.19. The number of fused-ring (bicyclic) bond motifs is 1.